The predicted octanol–water partition coefficient (Wildman–Crippen LogP) is 4.11. The first-order valence-electron chi connectivity index (χ1n) is 8.67. The van der Waals surface area contributed by atoms with Crippen LogP contribution in [0.25, 0.3) is 11.5 Å². The lowest BCUT2D eigenvalue weighted by Gasteiger charge is -2.10. The summed E-state index contributed by atoms with van der Waals surface area (Å²) in [5, 5.41) is 18.5. The van der Waals surface area contributed by atoms with E-state index in [-0.39, 0.29) is 23.9 Å². The Bertz CT molecular complexity index is 1010. The van der Waals surface area contributed by atoms with E-state index in [2.05, 4.69) is 10.2 Å². The second-order valence-corrected chi connectivity index (χ2v) is 6.48. The number of carbonyl (C=O) groups is 1. The normalized spacial score (nSPS) is 11.8. The molecule has 0 saturated heterocycles. The van der Waals surface area contributed by atoms with Crippen molar-refractivity contribution in [3.05, 3.63) is 75.2 Å². The first kappa shape index (κ1) is 19.2. The summed E-state index contributed by atoms with van der Waals surface area (Å²) >= 11 is 0. The van der Waals surface area contributed by atoms with Gasteiger partial charge >= 0.3 is 5.97 Å². The van der Waals surface area contributed by atoms with Gasteiger partial charge in [0.25, 0.3) is 11.6 Å². The molecule has 0 amide bonds. The molecule has 0 bridgehead atoms. The summed E-state index contributed by atoms with van der Waals surface area (Å²) in [4.78, 5) is 22.4. The number of ether oxygens (including phenoxy) is 1. The van der Waals surface area contributed by atoms with E-state index in [1.54, 1.807) is 6.92 Å². The van der Waals surface area contributed by atoms with Gasteiger partial charge in [0.1, 0.15) is 0 Å². The number of benzene rings is 2. The maximum atomic E-state index is 12.2. The lowest BCUT2D eigenvalue weighted by Crippen LogP contribution is -2.12. The van der Waals surface area contributed by atoms with E-state index in [0.29, 0.717) is 5.56 Å². The number of aryl methyl sites for hydroxylation is 2. The maximum absolute atomic E-state index is 12.2. The molecule has 0 aliphatic carbocycles. The van der Waals surface area contributed by atoms with Crippen LogP contribution in [-0.4, -0.2) is 21.1 Å². The van der Waals surface area contributed by atoms with Gasteiger partial charge in [-0.15, -0.1) is 10.2 Å². The van der Waals surface area contributed by atoms with E-state index in [1.807, 2.05) is 32.0 Å². The van der Waals surface area contributed by atoms with Crippen molar-refractivity contribution in [1.82, 2.24) is 10.2 Å². The van der Waals surface area contributed by atoms with Gasteiger partial charge in [0, 0.05) is 17.7 Å². The molecule has 3 rings (SSSR count). The summed E-state index contributed by atoms with van der Waals surface area (Å²) in [6.45, 7) is 5.65. The third-order valence-corrected chi connectivity index (χ3v) is 4.34. The highest BCUT2D eigenvalue weighted by Gasteiger charge is 2.19. The number of nitrogens with zero attached hydrogens (tertiary/aromatic N) is 3. The molecule has 0 saturated carbocycles. The van der Waals surface area contributed by atoms with Crippen molar-refractivity contribution in [1.29, 1.82) is 0 Å². The molecule has 3 aromatic rings. The second kappa shape index (κ2) is 7.99. The topological polar surface area (TPSA) is 108 Å². The molecule has 0 N–H and O–H groups in total. The zero-order chi connectivity index (χ0) is 20.3. The first-order valence-corrected chi connectivity index (χ1v) is 8.67. The second-order valence-electron chi connectivity index (χ2n) is 6.48. The van der Waals surface area contributed by atoms with Crippen LogP contribution in [0.4, 0.5) is 5.69 Å². The minimum atomic E-state index is -0.710. The third kappa shape index (κ3) is 4.40. The molecule has 2 aromatic carbocycles. The Morgan fingerprint density at radius 1 is 1.14 bits per heavy atom. The molecule has 1 heterocycles. The highest BCUT2D eigenvalue weighted by atomic mass is 16.6. The molecule has 0 aliphatic rings. The Kier molecular flexibility index (Phi) is 5.49. The summed E-state index contributed by atoms with van der Waals surface area (Å²) in [5.41, 5.74) is 3.66. The van der Waals surface area contributed by atoms with Crippen molar-refractivity contribution in [2.24, 2.45) is 0 Å². The maximum Gasteiger partial charge on any atom is 0.311 e. The molecule has 0 fully saturated rings. The Labute approximate surface area is 161 Å². The van der Waals surface area contributed by atoms with Crippen molar-refractivity contribution >= 4 is 11.7 Å². The number of non-ortho nitro benzene ring substituents is 1. The van der Waals surface area contributed by atoms with E-state index in [9.17, 15) is 14.9 Å². The summed E-state index contributed by atoms with van der Waals surface area (Å²) in [6.07, 6.45) is -0.562. The minimum Gasteiger partial charge on any atom is -0.452 e. The molecular weight excluding hydrogens is 362 g/mol. The largest absolute Gasteiger partial charge is 0.452 e. The van der Waals surface area contributed by atoms with Gasteiger partial charge < -0.3 is 9.15 Å². The van der Waals surface area contributed by atoms with Crippen LogP contribution in [0.15, 0.2) is 46.9 Å². The smallest absolute Gasteiger partial charge is 0.311 e. The number of hydrogen-bond donors (Lipinski definition) is 0. The molecule has 1 aromatic heterocycles. The first-order chi connectivity index (χ1) is 13.3. The Morgan fingerprint density at radius 2 is 1.86 bits per heavy atom. The van der Waals surface area contributed by atoms with E-state index >= 15 is 0 Å². The number of hydrogen-bond acceptors (Lipinski definition) is 7. The molecule has 144 valence electrons. The zero-order valence-corrected chi connectivity index (χ0v) is 15.7. The Morgan fingerprint density at radius 3 is 2.50 bits per heavy atom. The van der Waals surface area contributed by atoms with Gasteiger partial charge in [-0.1, -0.05) is 18.2 Å². The zero-order valence-electron chi connectivity index (χ0n) is 15.7. The number of nitro benzene ring substituents is 1. The molecule has 0 spiro atoms. The van der Waals surface area contributed by atoms with Crippen LogP contribution in [-0.2, 0) is 16.0 Å². The van der Waals surface area contributed by atoms with Gasteiger partial charge in [-0.3, -0.25) is 14.9 Å². The third-order valence-electron chi connectivity index (χ3n) is 4.34. The lowest BCUT2D eigenvalue weighted by molar-refractivity contribution is -0.384. The van der Waals surface area contributed by atoms with Gasteiger partial charge in [0.15, 0.2) is 6.10 Å². The van der Waals surface area contributed by atoms with E-state index in [0.717, 1.165) is 16.7 Å². The van der Waals surface area contributed by atoms with Crippen LogP contribution in [0.3, 0.4) is 0 Å². The number of rotatable bonds is 6. The van der Waals surface area contributed by atoms with Crippen molar-refractivity contribution < 1.29 is 18.9 Å². The van der Waals surface area contributed by atoms with Gasteiger partial charge in [-0.2, -0.15) is 0 Å². The fourth-order valence-electron chi connectivity index (χ4n) is 2.61. The predicted molar refractivity (Wildman–Crippen MR) is 101 cm³/mol. The highest BCUT2D eigenvalue weighted by molar-refractivity contribution is 5.73. The van der Waals surface area contributed by atoms with E-state index < -0.39 is 17.0 Å². The van der Waals surface area contributed by atoms with Crippen molar-refractivity contribution in [2.75, 3.05) is 0 Å². The van der Waals surface area contributed by atoms with E-state index in [1.165, 1.54) is 24.3 Å². The van der Waals surface area contributed by atoms with Crippen LogP contribution >= 0.6 is 0 Å². The molecular formula is C20H19N3O5. The molecule has 0 radical (unpaired) electrons. The van der Waals surface area contributed by atoms with Crippen LogP contribution in [0.2, 0.25) is 0 Å². The fourth-order valence-corrected chi connectivity index (χ4v) is 2.61. The minimum absolute atomic E-state index is 0.0304. The van der Waals surface area contributed by atoms with E-state index in [4.69, 9.17) is 9.15 Å². The van der Waals surface area contributed by atoms with Crippen molar-refractivity contribution in [2.45, 2.75) is 33.3 Å². The number of nitro groups is 1. The van der Waals surface area contributed by atoms with Crippen LogP contribution < -0.4 is 0 Å². The summed E-state index contributed by atoms with van der Waals surface area (Å²) in [5.74, 6) is -0.0467. The van der Waals surface area contributed by atoms with Crippen molar-refractivity contribution in [3.63, 3.8) is 0 Å². The van der Waals surface area contributed by atoms with Gasteiger partial charge in [0.05, 0.1) is 11.3 Å². The molecule has 8 heteroatoms. The number of aromatic nitrogens is 2. The van der Waals surface area contributed by atoms with Crippen molar-refractivity contribution in [3.8, 4) is 11.5 Å². The summed E-state index contributed by atoms with van der Waals surface area (Å²) < 4.78 is 10.9. The molecule has 1 atom stereocenters. The number of carbonyl (C=O) groups excluding carboxylic acids is 1. The molecule has 8 nitrogen and oxygen atoms in total. The van der Waals surface area contributed by atoms with Gasteiger partial charge in [-0.05, 0) is 49.6 Å². The Hall–Kier alpha value is -3.55. The van der Waals surface area contributed by atoms with Crippen LogP contribution in [0.1, 0.15) is 35.6 Å². The number of esters is 1. The SMILES string of the molecule is Cc1ccc(CC(=O)O[C@@H](C)c2nnc(-c3ccc([N+](=O)[O-])cc3)o2)cc1C. The highest BCUT2D eigenvalue weighted by Crippen LogP contribution is 2.24. The molecule has 0 aliphatic heterocycles. The van der Waals surface area contributed by atoms with Crippen LogP contribution in [0, 0.1) is 24.0 Å². The van der Waals surface area contributed by atoms with Gasteiger partial charge in [0.2, 0.25) is 5.89 Å². The summed E-state index contributed by atoms with van der Waals surface area (Å²) in [7, 11) is 0. The lowest BCUT2D eigenvalue weighted by atomic mass is 10.0. The van der Waals surface area contributed by atoms with Gasteiger partial charge in [-0.25, -0.2) is 0 Å². The average molecular weight is 381 g/mol. The monoisotopic (exact) mass is 381 g/mol. The quantitative estimate of drug-likeness (QED) is 0.359. The average Bonchev–Trinajstić information content (AvgIpc) is 3.15. The molecule has 28 heavy (non-hydrogen) atoms. The van der Waals surface area contributed by atoms with Crippen LogP contribution in [0.5, 0.6) is 0 Å². The fraction of sp³-hybridized carbons (Fsp3) is 0.250. The standard InChI is InChI=1S/C20H19N3O5/c1-12-4-5-15(10-13(12)2)11-18(24)27-14(3)19-21-22-20(28-19)16-6-8-17(9-7-16)23(25)26/h4-10,14H,11H2,1-3H3/t14-/m0/s1. The Balaban J connectivity index is 1.64. The molecule has 0 unspecified atom stereocenters. The summed E-state index contributed by atoms with van der Waals surface area (Å²) in [6, 6.07) is 11.6.